The molecule has 0 bridgehead atoms. The number of nitrogens with zero attached hydrogens (tertiary/aromatic N) is 3. The van der Waals surface area contributed by atoms with Gasteiger partial charge in [0.25, 0.3) is 0 Å². The molecule has 0 spiro atoms. The van der Waals surface area contributed by atoms with Gasteiger partial charge >= 0.3 is 0 Å². The van der Waals surface area contributed by atoms with Crippen molar-refractivity contribution in [3.8, 4) is 0 Å². The van der Waals surface area contributed by atoms with Gasteiger partial charge in [0, 0.05) is 41.5 Å². The minimum Gasteiger partial charge on any atom is -0.366 e. The molecule has 1 aliphatic heterocycles. The summed E-state index contributed by atoms with van der Waals surface area (Å²) in [5.74, 6) is -0.163. The molecule has 0 unspecified atom stereocenters. The topological polar surface area (TPSA) is 21.1 Å². The normalized spacial score (nSPS) is 17.0. The van der Waals surface area contributed by atoms with E-state index >= 15 is 0 Å². The average Bonchev–Trinajstić information content (AvgIpc) is 2.86. The molecule has 0 saturated carbocycles. The Balaban J connectivity index is 1.65. The fourth-order valence-electron chi connectivity index (χ4n) is 3.43. The van der Waals surface area contributed by atoms with E-state index in [2.05, 4.69) is 41.2 Å². The summed E-state index contributed by atoms with van der Waals surface area (Å²) in [6, 6.07) is 15.5. The molecule has 2 aromatic carbocycles. The van der Waals surface area contributed by atoms with Crippen molar-refractivity contribution in [2.75, 3.05) is 11.4 Å². The molecule has 3 nitrogen and oxygen atoms in total. The molecule has 1 aromatic heterocycles. The van der Waals surface area contributed by atoms with E-state index in [0.717, 1.165) is 25.1 Å². The first-order valence-electron chi connectivity index (χ1n) is 8.85. The van der Waals surface area contributed by atoms with Crippen molar-refractivity contribution in [1.82, 2.24) is 9.78 Å². The molecule has 4 rings (SSSR count). The van der Waals surface area contributed by atoms with E-state index in [4.69, 9.17) is 0 Å². The molecule has 26 heavy (non-hydrogen) atoms. The number of aryl methyl sites for hydroxylation is 1. The predicted molar refractivity (Wildman–Crippen MR) is 105 cm³/mol. The van der Waals surface area contributed by atoms with Gasteiger partial charge in [0.05, 0.1) is 11.9 Å². The zero-order chi connectivity index (χ0) is 18.1. The molecule has 0 fully saturated rings. The maximum atomic E-state index is 13.7. The van der Waals surface area contributed by atoms with Crippen molar-refractivity contribution in [3.05, 3.63) is 77.4 Å². The summed E-state index contributed by atoms with van der Waals surface area (Å²) in [4.78, 5) is 3.67. The highest BCUT2D eigenvalue weighted by molar-refractivity contribution is 7.99. The second-order valence-corrected chi connectivity index (χ2v) is 7.96. The summed E-state index contributed by atoms with van der Waals surface area (Å²) in [5.41, 5.74) is 4.75. The van der Waals surface area contributed by atoms with Crippen molar-refractivity contribution in [2.45, 2.75) is 30.0 Å². The number of hydrogen-bond acceptors (Lipinski definition) is 3. The van der Waals surface area contributed by atoms with Gasteiger partial charge in [0.2, 0.25) is 0 Å². The Morgan fingerprint density at radius 3 is 2.81 bits per heavy atom. The van der Waals surface area contributed by atoms with E-state index in [-0.39, 0.29) is 11.1 Å². The molecule has 0 N–H and O–H groups in total. The molecular formula is C21H22FN3S. The first-order chi connectivity index (χ1) is 12.6. The third-order valence-electron chi connectivity index (χ3n) is 5.05. The van der Waals surface area contributed by atoms with Gasteiger partial charge in [-0.25, -0.2) is 4.39 Å². The van der Waals surface area contributed by atoms with Crippen LogP contribution < -0.4 is 4.90 Å². The molecule has 3 aromatic rings. The van der Waals surface area contributed by atoms with Crippen LogP contribution in [-0.4, -0.2) is 16.3 Å². The van der Waals surface area contributed by atoms with Crippen LogP contribution in [0.15, 0.2) is 59.6 Å². The Kier molecular flexibility index (Phi) is 4.72. The third-order valence-corrected chi connectivity index (χ3v) is 6.45. The lowest BCUT2D eigenvalue weighted by molar-refractivity contribution is 0.623. The predicted octanol–water partition coefficient (Wildman–Crippen LogP) is 5.11. The third kappa shape index (κ3) is 3.36. The van der Waals surface area contributed by atoms with Gasteiger partial charge < -0.3 is 4.90 Å². The fourth-order valence-corrected chi connectivity index (χ4v) is 4.72. The summed E-state index contributed by atoms with van der Waals surface area (Å²) in [6.07, 6.45) is 2.93. The highest BCUT2D eigenvalue weighted by Crippen LogP contribution is 2.45. The molecule has 5 heteroatoms. The zero-order valence-electron chi connectivity index (χ0n) is 15.0. The van der Waals surface area contributed by atoms with Crippen molar-refractivity contribution < 1.29 is 4.39 Å². The molecule has 1 atom stereocenters. The fraction of sp³-hybridized carbons (Fsp3) is 0.286. The highest BCUT2D eigenvalue weighted by Gasteiger charge is 2.24. The van der Waals surface area contributed by atoms with Gasteiger partial charge in [0.15, 0.2) is 0 Å². The average molecular weight is 367 g/mol. The minimum absolute atomic E-state index is 0.163. The van der Waals surface area contributed by atoms with E-state index in [1.54, 1.807) is 12.1 Å². The largest absolute Gasteiger partial charge is 0.366 e. The van der Waals surface area contributed by atoms with E-state index in [0.29, 0.717) is 0 Å². The van der Waals surface area contributed by atoms with Crippen LogP contribution in [0.5, 0.6) is 0 Å². The number of benzene rings is 2. The number of fused-ring (bicyclic) bond motifs is 1. The first kappa shape index (κ1) is 17.2. The monoisotopic (exact) mass is 367 g/mol. The Labute approximate surface area is 157 Å². The van der Waals surface area contributed by atoms with Crippen LogP contribution in [0, 0.1) is 12.7 Å². The lowest BCUT2D eigenvalue weighted by Gasteiger charge is -2.24. The second kappa shape index (κ2) is 7.16. The first-order valence-corrected chi connectivity index (χ1v) is 9.73. The maximum absolute atomic E-state index is 13.7. The van der Waals surface area contributed by atoms with Crippen LogP contribution in [-0.2, 0) is 13.6 Å². The summed E-state index contributed by atoms with van der Waals surface area (Å²) in [6.45, 7) is 3.88. The number of hydrogen-bond donors (Lipinski definition) is 0. The van der Waals surface area contributed by atoms with Crippen LogP contribution in [0.3, 0.4) is 0 Å². The van der Waals surface area contributed by atoms with Gasteiger partial charge in [-0.05, 0) is 43.2 Å². The van der Waals surface area contributed by atoms with Gasteiger partial charge in [-0.15, -0.1) is 11.8 Å². The van der Waals surface area contributed by atoms with Gasteiger partial charge in [-0.3, -0.25) is 4.68 Å². The Bertz CT molecular complexity index is 921. The van der Waals surface area contributed by atoms with E-state index in [1.807, 2.05) is 35.8 Å². The molecule has 2 heterocycles. The van der Waals surface area contributed by atoms with E-state index in [9.17, 15) is 4.39 Å². The Hall–Kier alpha value is -2.27. The molecular weight excluding hydrogens is 345 g/mol. The molecule has 0 saturated heterocycles. The zero-order valence-corrected chi connectivity index (χ0v) is 15.8. The Morgan fingerprint density at radius 2 is 2.04 bits per heavy atom. The number of thioether (sulfide) groups is 1. The van der Waals surface area contributed by atoms with Crippen molar-refractivity contribution in [2.24, 2.45) is 7.05 Å². The smallest absolute Gasteiger partial charge is 0.123 e. The number of anilines is 1. The van der Waals surface area contributed by atoms with Crippen molar-refractivity contribution in [3.63, 3.8) is 0 Å². The quantitative estimate of drug-likeness (QED) is 0.642. The molecule has 134 valence electrons. The van der Waals surface area contributed by atoms with Gasteiger partial charge in [-0.1, -0.05) is 24.3 Å². The number of halogens is 1. The van der Waals surface area contributed by atoms with Crippen LogP contribution in [0.25, 0.3) is 0 Å². The van der Waals surface area contributed by atoms with Crippen molar-refractivity contribution >= 4 is 17.4 Å². The Morgan fingerprint density at radius 1 is 1.19 bits per heavy atom. The standard InChI is InChI=1S/C21H22FN3S/c1-15-17(13-23-24(15)2)14-25-11-10-20(16-6-5-7-18(22)12-16)26-21-9-4-3-8-19(21)25/h3-9,12-13,20H,10-11,14H2,1-2H3/t20-/m0/s1. The highest BCUT2D eigenvalue weighted by atomic mass is 32.2. The lowest BCUT2D eigenvalue weighted by atomic mass is 10.1. The van der Waals surface area contributed by atoms with E-state index in [1.165, 1.54) is 27.9 Å². The van der Waals surface area contributed by atoms with Gasteiger partial charge in [0.1, 0.15) is 5.82 Å². The summed E-state index contributed by atoms with van der Waals surface area (Å²) < 4.78 is 15.6. The van der Waals surface area contributed by atoms with Gasteiger partial charge in [-0.2, -0.15) is 5.10 Å². The summed E-state index contributed by atoms with van der Waals surface area (Å²) in [7, 11) is 1.98. The number of rotatable bonds is 3. The molecule has 0 aliphatic carbocycles. The van der Waals surface area contributed by atoms with Crippen LogP contribution >= 0.6 is 11.8 Å². The second-order valence-electron chi connectivity index (χ2n) is 6.72. The SMILES string of the molecule is Cc1c(CN2CC[C@@H](c3cccc(F)c3)Sc3ccccc32)cnn1C. The van der Waals surface area contributed by atoms with Crippen molar-refractivity contribution in [1.29, 1.82) is 0 Å². The van der Waals surface area contributed by atoms with Crippen LogP contribution in [0.4, 0.5) is 10.1 Å². The molecule has 1 aliphatic rings. The number of para-hydroxylation sites is 1. The summed E-state index contributed by atoms with van der Waals surface area (Å²) in [5, 5.41) is 4.63. The molecule has 0 amide bonds. The number of aromatic nitrogens is 2. The molecule has 0 radical (unpaired) electrons. The van der Waals surface area contributed by atoms with Crippen LogP contribution in [0.1, 0.15) is 28.5 Å². The minimum atomic E-state index is -0.163. The van der Waals surface area contributed by atoms with E-state index < -0.39 is 0 Å². The lowest BCUT2D eigenvalue weighted by Crippen LogP contribution is -2.24. The van der Waals surface area contributed by atoms with Crippen LogP contribution in [0.2, 0.25) is 0 Å². The summed E-state index contributed by atoms with van der Waals surface area (Å²) >= 11 is 1.83. The maximum Gasteiger partial charge on any atom is 0.123 e.